The molecule has 2 aromatic rings. The fourth-order valence-corrected chi connectivity index (χ4v) is 2.48. The van der Waals surface area contributed by atoms with Gasteiger partial charge in [0.15, 0.2) is 6.10 Å². The van der Waals surface area contributed by atoms with Crippen LogP contribution in [0.2, 0.25) is 10.0 Å². The van der Waals surface area contributed by atoms with E-state index in [0.717, 1.165) is 5.56 Å². The second-order valence-corrected chi connectivity index (χ2v) is 5.43. The van der Waals surface area contributed by atoms with Gasteiger partial charge in [0.1, 0.15) is 0 Å². The average Bonchev–Trinajstić information content (AvgIpc) is 2.47. The van der Waals surface area contributed by atoms with Gasteiger partial charge in [-0.3, -0.25) is 9.78 Å². The summed E-state index contributed by atoms with van der Waals surface area (Å²) < 4.78 is 0. The quantitative estimate of drug-likeness (QED) is 0.907. The molecule has 21 heavy (non-hydrogen) atoms. The molecular weight excluding hydrogens is 311 g/mol. The van der Waals surface area contributed by atoms with Crippen LogP contribution in [0.15, 0.2) is 42.7 Å². The Labute approximate surface area is 132 Å². The zero-order chi connectivity index (χ0) is 15.4. The smallest absolute Gasteiger partial charge is 0.254 e. The van der Waals surface area contributed by atoms with Crippen molar-refractivity contribution in [3.8, 4) is 0 Å². The van der Waals surface area contributed by atoms with Crippen LogP contribution in [0.4, 0.5) is 0 Å². The molecule has 0 fully saturated rings. The van der Waals surface area contributed by atoms with Crippen LogP contribution in [0, 0.1) is 0 Å². The SMILES string of the molecule is C[C@@H](NC(=O)C(O)c1cccnc1)c1ccc(Cl)cc1Cl. The second kappa shape index (κ2) is 6.89. The Bertz CT molecular complexity index is 635. The fourth-order valence-electron chi connectivity index (χ4n) is 1.91. The molecule has 2 N–H and O–H groups in total. The maximum Gasteiger partial charge on any atom is 0.254 e. The minimum atomic E-state index is -1.27. The van der Waals surface area contributed by atoms with E-state index in [9.17, 15) is 9.90 Å². The minimum absolute atomic E-state index is 0.353. The maximum atomic E-state index is 12.0. The van der Waals surface area contributed by atoms with Gasteiger partial charge in [-0.1, -0.05) is 35.3 Å². The number of nitrogens with one attached hydrogen (secondary N) is 1. The highest BCUT2D eigenvalue weighted by molar-refractivity contribution is 6.35. The van der Waals surface area contributed by atoms with Gasteiger partial charge in [0.2, 0.25) is 0 Å². The zero-order valence-corrected chi connectivity index (χ0v) is 12.8. The summed E-state index contributed by atoms with van der Waals surface area (Å²) in [4.78, 5) is 15.9. The molecule has 0 bridgehead atoms. The van der Waals surface area contributed by atoms with Crippen molar-refractivity contribution in [3.05, 3.63) is 63.9 Å². The molecule has 6 heteroatoms. The first kappa shape index (κ1) is 15.8. The Hall–Kier alpha value is -1.62. The molecule has 1 heterocycles. The molecule has 1 aromatic carbocycles. The molecule has 0 saturated carbocycles. The molecule has 0 aliphatic heterocycles. The number of hydrogen-bond acceptors (Lipinski definition) is 3. The number of pyridine rings is 1. The lowest BCUT2D eigenvalue weighted by Crippen LogP contribution is -2.31. The van der Waals surface area contributed by atoms with Crippen molar-refractivity contribution in [2.45, 2.75) is 19.1 Å². The molecule has 0 aliphatic rings. The first-order valence-electron chi connectivity index (χ1n) is 6.32. The summed E-state index contributed by atoms with van der Waals surface area (Å²) in [7, 11) is 0. The zero-order valence-electron chi connectivity index (χ0n) is 11.3. The summed E-state index contributed by atoms with van der Waals surface area (Å²) in [5.41, 5.74) is 1.16. The van der Waals surface area contributed by atoms with Gasteiger partial charge in [-0.15, -0.1) is 0 Å². The molecule has 1 aromatic heterocycles. The van der Waals surface area contributed by atoms with Crippen molar-refractivity contribution in [1.29, 1.82) is 0 Å². The molecule has 1 unspecified atom stereocenters. The summed E-state index contributed by atoms with van der Waals surface area (Å²) in [5.74, 6) is -0.512. The average molecular weight is 325 g/mol. The molecule has 2 atom stereocenters. The third-order valence-electron chi connectivity index (χ3n) is 3.04. The Balaban J connectivity index is 2.08. The number of carbonyl (C=O) groups excluding carboxylic acids is 1. The molecule has 2 rings (SSSR count). The van der Waals surface area contributed by atoms with Gasteiger partial charge in [-0.05, 0) is 30.7 Å². The van der Waals surface area contributed by atoms with Gasteiger partial charge in [0.05, 0.1) is 6.04 Å². The van der Waals surface area contributed by atoms with Crippen molar-refractivity contribution < 1.29 is 9.90 Å². The second-order valence-electron chi connectivity index (χ2n) is 4.59. The number of nitrogens with zero attached hydrogens (tertiary/aromatic N) is 1. The van der Waals surface area contributed by atoms with Crippen LogP contribution >= 0.6 is 23.2 Å². The molecule has 0 radical (unpaired) electrons. The Morgan fingerprint density at radius 1 is 1.33 bits per heavy atom. The van der Waals surface area contributed by atoms with E-state index >= 15 is 0 Å². The highest BCUT2D eigenvalue weighted by Crippen LogP contribution is 2.26. The molecule has 4 nitrogen and oxygen atoms in total. The number of aromatic nitrogens is 1. The predicted octanol–water partition coefficient (Wildman–Crippen LogP) is 3.30. The van der Waals surface area contributed by atoms with Crippen molar-refractivity contribution in [3.63, 3.8) is 0 Å². The highest BCUT2D eigenvalue weighted by atomic mass is 35.5. The van der Waals surface area contributed by atoms with Crippen LogP contribution in [-0.2, 0) is 4.79 Å². The van der Waals surface area contributed by atoms with Crippen LogP contribution in [-0.4, -0.2) is 16.0 Å². The largest absolute Gasteiger partial charge is 0.378 e. The van der Waals surface area contributed by atoms with Crippen LogP contribution in [0.1, 0.15) is 30.2 Å². The Morgan fingerprint density at radius 2 is 2.10 bits per heavy atom. The van der Waals surface area contributed by atoms with Crippen LogP contribution in [0.25, 0.3) is 0 Å². The van der Waals surface area contributed by atoms with Crippen molar-refractivity contribution >= 4 is 29.1 Å². The van der Waals surface area contributed by atoms with E-state index in [1.807, 2.05) is 0 Å². The number of rotatable bonds is 4. The van der Waals surface area contributed by atoms with E-state index in [-0.39, 0.29) is 6.04 Å². The normalized spacial score (nSPS) is 13.5. The molecular formula is C15H14Cl2N2O2. The van der Waals surface area contributed by atoms with Crippen molar-refractivity contribution in [2.24, 2.45) is 0 Å². The van der Waals surface area contributed by atoms with E-state index in [4.69, 9.17) is 23.2 Å². The molecule has 110 valence electrons. The fraction of sp³-hybridized carbons (Fsp3) is 0.200. The van der Waals surface area contributed by atoms with E-state index in [1.54, 1.807) is 43.5 Å². The van der Waals surface area contributed by atoms with Crippen LogP contribution in [0.5, 0.6) is 0 Å². The van der Waals surface area contributed by atoms with E-state index in [2.05, 4.69) is 10.3 Å². The Morgan fingerprint density at radius 3 is 2.71 bits per heavy atom. The number of aliphatic hydroxyl groups is 1. The van der Waals surface area contributed by atoms with E-state index < -0.39 is 12.0 Å². The number of halogens is 2. The number of aliphatic hydroxyl groups excluding tert-OH is 1. The first-order chi connectivity index (χ1) is 9.99. The summed E-state index contributed by atoms with van der Waals surface area (Å²) in [5, 5.41) is 13.7. The van der Waals surface area contributed by atoms with Gasteiger partial charge in [0.25, 0.3) is 5.91 Å². The monoisotopic (exact) mass is 324 g/mol. The summed E-state index contributed by atoms with van der Waals surface area (Å²) in [6, 6.07) is 7.99. The van der Waals surface area contributed by atoms with Gasteiger partial charge in [0, 0.05) is 28.0 Å². The lowest BCUT2D eigenvalue weighted by molar-refractivity contribution is -0.130. The Kier molecular flexibility index (Phi) is 5.17. The van der Waals surface area contributed by atoms with Crippen LogP contribution < -0.4 is 5.32 Å². The van der Waals surface area contributed by atoms with Crippen molar-refractivity contribution in [1.82, 2.24) is 10.3 Å². The third kappa shape index (κ3) is 3.94. The molecule has 0 spiro atoms. The lowest BCUT2D eigenvalue weighted by atomic mass is 10.1. The first-order valence-corrected chi connectivity index (χ1v) is 7.08. The van der Waals surface area contributed by atoms with E-state index in [0.29, 0.717) is 15.6 Å². The topological polar surface area (TPSA) is 62.2 Å². The lowest BCUT2D eigenvalue weighted by Gasteiger charge is -2.18. The third-order valence-corrected chi connectivity index (χ3v) is 3.60. The van der Waals surface area contributed by atoms with Crippen LogP contribution in [0.3, 0.4) is 0 Å². The van der Waals surface area contributed by atoms with Gasteiger partial charge in [-0.25, -0.2) is 0 Å². The number of benzene rings is 1. The summed E-state index contributed by atoms with van der Waals surface area (Å²) in [6.07, 6.45) is 1.75. The van der Waals surface area contributed by atoms with Gasteiger partial charge in [-0.2, -0.15) is 0 Å². The molecule has 0 aliphatic carbocycles. The van der Waals surface area contributed by atoms with Gasteiger partial charge >= 0.3 is 0 Å². The van der Waals surface area contributed by atoms with Crippen molar-refractivity contribution in [2.75, 3.05) is 0 Å². The number of amides is 1. The molecule has 0 saturated heterocycles. The maximum absolute atomic E-state index is 12.0. The van der Waals surface area contributed by atoms with E-state index in [1.165, 1.54) is 6.20 Å². The highest BCUT2D eigenvalue weighted by Gasteiger charge is 2.20. The standard InChI is InChI=1S/C15H14Cl2N2O2/c1-9(12-5-4-11(16)7-13(12)17)19-15(21)14(20)10-3-2-6-18-8-10/h2-9,14,20H,1H3,(H,19,21)/t9-,14?/m1/s1. The molecule has 1 amide bonds. The summed E-state index contributed by atoms with van der Waals surface area (Å²) >= 11 is 11.9. The predicted molar refractivity (Wildman–Crippen MR) is 82.2 cm³/mol. The number of carbonyl (C=O) groups is 1. The minimum Gasteiger partial charge on any atom is -0.378 e. The van der Waals surface area contributed by atoms with Gasteiger partial charge < -0.3 is 10.4 Å². The number of hydrogen-bond donors (Lipinski definition) is 2. The summed E-state index contributed by atoms with van der Waals surface area (Å²) in [6.45, 7) is 1.78.